The van der Waals surface area contributed by atoms with Crippen molar-refractivity contribution in [2.45, 2.75) is 33.2 Å². The van der Waals surface area contributed by atoms with Crippen molar-refractivity contribution in [1.82, 2.24) is 15.1 Å². The van der Waals surface area contributed by atoms with Crippen LogP contribution < -0.4 is 4.74 Å². The van der Waals surface area contributed by atoms with Crippen LogP contribution in [0.4, 0.5) is 0 Å². The molecule has 2 aromatic rings. The fraction of sp³-hybridized carbons (Fsp3) is 0.529. The van der Waals surface area contributed by atoms with Crippen molar-refractivity contribution in [3.05, 3.63) is 39.8 Å². The van der Waals surface area contributed by atoms with Gasteiger partial charge in [-0.05, 0) is 50.9 Å². The molecule has 1 atom stereocenters. The number of hydrogen-bond acceptors (Lipinski definition) is 5. The first kappa shape index (κ1) is 15.4. The second-order valence-corrected chi connectivity index (χ2v) is 7.35. The number of aryl methyl sites for hydroxylation is 2. The van der Waals surface area contributed by atoms with Crippen LogP contribution in [0.3, 0.4) is 0 Å². The summed E-state index contributed by atoms with van der Waals surface area (Å²) in [5, 5.41) is 10.5. The number of piperidine rings is 1. The summed E-state index contributed by atoms with van der Waals surface area (Å²) in [6.45, 7) is 8.07. The third kappa shape index (κ3) is 4.27. The van der Waals surface area contributed by atoms with Gasteiger partial charge in [-0.15, -0.1) is 21.5 Å². The van der Waals surface area contributed by atoms with E-state index < -0.39 is 0 Å². The van der Waals surface area contributed by atoms with Crippen LogP contribution in [-0.2, 0) is 6.54 Å². The maximum atomic E-state index is 5.98. The van der Waals surface area contributed by atoms with Gasteiger partial charge in [-0.25, -0.2) is 0 Å². The first-order valence-corrected chi connectivity index (χ1v) is 8.71. The van der Waals surface area contributed by atoms with Gasteiger partial charge in [0.2, 0.25) is 0 Å². The Kier molecular flexibility index (Phi) is 5.05. The summed E-state index contributed by atoms with van der Waals surface area (Å²) in [6, 6.07) is 8.29. The van der Waals surface area contributed by atoms with Gasteiger partial charge in [-0.3, -0.25) is 4.90 Å². The maximum Gasteiger partial charge on any atom is 0.131 e. The molecule has 0 saturated carbocycles. The molecular formula is C17H23N3OS. The second-order valence-electron chi connectivity index (χ2n) is 6.09. The molecule has 0 bridgehead atoms. The third-order valence-electron chi connectivity index (χ3n) is 4.01. The monoisotopic (exact) mass is 317 g/mol. The van der Waals surface area contributed by atoms with E-state index in [1.165, 1.54) is 18.4 Å². The Morgan fingerprint density at radius 3 is 3.00 bits per heavy atom. The van der Waals surface area contributed by atoms with Crippen LogP contribution in [0.15, 0.2) is 24.3 Å². The van der Waals surface area contributed by atoms with Crippen LogP contribution in [0.1, 0.15) is 28.4 Å². The van der Waals surface area contributed by atoms with Crippen molar-refractivity contribution in [3.63, 3.8) is 0 Å². The SMILES string of the molecule is Cc1cccc(OCC2CCCN(Cc3nnc(C)s3)C2)c1. The highest BCUT2D eigenvalue weighted by Crippen LogP contribution is 2.21. The summed E-state index contributed by atoms with van der Waals surface area (Å²) < 4.78 is 5.98. The molecule has 1 unspecified atom stereocenters. The number of rotatable bonds is 5. The van der Waals surface area contributed by atoms with E-state index in [0.29, 0.717) is 5.92 Å². The minimum Gasteiger partial charge on any atom is -0.493 e. The molecule has 1 fully saturated rings. The summed E-state index contributed by atoms with van der Waals surface area (Å²) in [7, 11) is 0. The van der Waals surface area contributed by atoms with Gasteiger partial charge in [0.15, 0.2) is 0 Å². The van der Waals surface area contributed by atoms with E-state index in [2.05, 4.69) is 40.2 Å². The highest BCUT2D eigenvalue weighted by Gasteiger charge is 2.21. The lowest BCUT2D eigenvalue weighted by atomic mass is 9.99. The minimum atomic E-state index is 0.600. The Bertz CT molecular complexity index is 613. The summed E-state index contributed by atoms with van der Waals surface area (Å²) in [6.07, 6.45) is 2.48. The van der Waals surface area contributed by atoms with E-state index in [1.807, 2.05) is 13.0 Å². The van der Waals surface area contributed by atoms with Gasteiger partial charge in [0.1, 0.15) is 15.8 Å². The largest absolute Gasteiger partial charge is 0.493 e. The Hall–Kier alpha value is -1.46. The molecular weight excluding hydrogens is 294 g/mol. The molecule has 1 saturated heterocycles. The van der Waals surface area contributed by atoms with Crippen LogP contribution in [0.25, 0.3) is 0 Å². The quantitative estimate of drug-likeness (QED) is 0.846. The highest BCUT2D eigenvalue weighted by atomic mass is 32.1. The molecule has 0 spiro atoms. The Morgan fingerprint density at radius 1 is 1.32 bits per heavy atom. The zero-order valence-corrected chi connectivity index (χ0v) is 14.1. The average molecular weight is 317 g/mol. The lowest BCUT2D eigenvalue weighted by Crippen LogP contribution is -2.37. The average Bonchev–Trinajstić information content (AvgIpc) is 2.91. The third-order valence-corrected chi connectivity index (χ3v) is 4.83. The summed E-state index contributed by atoms with van der Waals surface area (Å²) in [5.41, 5.74) is 1.24. The van der Waals surface area contributed by atoms with Crippen molar-refractivity contribution >= 4 is 11.3 Å². The number of ether oxygens (including phenoxy) is 1. The van der Waals surface area contributed by atoms with E-state index in [4.69, 9.17) is 4.74 Å². The normalized spacial score (nSPS) is 19.3. The van der Waals surface area contributed by atoms with Crippen LogP contribution >= 0.6 is 11.3 Å². The number of nitrogens with zero attached hydrogens (tertiary/aromatic N) is 3. The molecule has 1 aromatic carbocycles. The fourth-order valence-corrected chi connectivity index (χ4v) is 3.69. The second kappa shape index (κ2) is 7.20. The van der Waals surface area contributed by atoms with Crippen LogP contribution in [0, 0.1) is 19.8 Å². The first-order chi connectivity index (χ1) is 10.7. The Labute approximate surface area is 136 Å². The highest BCUT2D eigenvalue weighted by molar-refractivity contribution is 7.11. The van der Waals surface area contributed by atoms with Crippen molar-refractivity contribution in [2.24, 2.45) is 5.92 Å². The summed E-state index contributed by atoms with van der Waals surface area (Å²) in [5.74, 6) is 1.58. The standard InChI is InChI=1S/C17H23N3OS/c1-13-5-3-7-16(9-13)21-12-15-6-4-8-20(10-15)11-17-19-18-14(2)22-17/h3,5,7,9,15H,4,6,8,10-12H2,1-2H3. The molecule has 0 N–H and O–H groups in total. The minimum absolute atomic E-state index is 0.600. The lowest BCUT2D eigenvalue weighted by molar-refractivity contribution is 0.125. The molecule has 2 heterocycles. The molecule has 0 radical (unpaired) electrons. The predicted molar refractivity (Wildman–Crippen MR) is 89.3 cm³/mol. The number of benzene rings is 1. The molecule has 0 amide bonds. The zero-order valence-electron chi connectivity index (χ0n) is 13.3. The number of likely N-dealkylation sites (tertiary alicyclic amines) is 1. The van der Waals surface area contributed by atoms with Gasteiger partial charge in [-0.1, -0.05) is 12.1 Å². The smallest absolute Gasteiger partial charge is 0.131 e. The fourth-order valence-electron chi connectivity index (χ4n) is 2.94. The predicted octanol–water partition coefficient (Wildman–Crippen LogP) is 3.45. The van der Waals surface area contributed by atoms with Gasteiger partial charge in [0.25, 0.3) is 0 Å². The lowest BCUT2D eigenvalue weighted by Gasteiger charge is -2.31. The molecule has 118 valence electrons. The molecule has 1 aromatic heterocycles. The maximum absolute atomic E-state index is 5.98. The molecule has 4 nitrogen and oxygen atoms in total. The topological polar surface area (TPSA) is 38.2 Å². The summed E-state index contributed by atoms with van der Waals surface area (Å²) >= 11 is 1.70. The van der Waals surface area contributed by atoms with E-state index >= 15 is 0 Å². The van der Waals surface area contributed by atoms with E-state index in [0.717, 1.165) is 42.0 Å². The molecule has 1 aliphatic heterocycles. The van der Waals surface area contributed by atoms with Crippen LogP contribution in [0.5, 0.6) is 5.75 Å². The Morgan fingerprint density at radius 2 is 2.23 bits per heavy atom. The Balaban J connectivity index is 1.50. The van der Waals surface area contributed by atoms with E-state index in [-0.39, 0.29) is 0 Å². The van der Waals surface area contributed by atoms with Gasteiger partial charge in [-0.2, -0.15) is 0 Å². The van der Waals surface area contributed by atoms with Crippen molar-refractivity contribution in [2.75, 3.05) is 19.7 Å². The van der Waals surface area contributed by atoms with Crippen molar-refractivity contribution < 1.29 is 4.74 Å². The molecule has 3 rings (SSSR count). The molecule has 5 heteroatoms. The van der Waals surface area contributed by atoms with Crippen LogP contribution in [0.2, 0.25) is 0 Å². The van der Waals surface area contributed by atoms with Gasteiger partial charge >= 0.3 is 0 Å². The van der Waals surface area contributed by atoms with Crippen molar-refractivity contribution in [3.8, 4) is 5.75 Å². The van der Waals surface area contributed by atoms with Gasteiger partial charge in [0.05, 0.1) is 13.2 Å². The van der Waals surface area contributed by atoms with Crippen LogP contribution in [-0.4, -0.2) is 34.8 Å². The summed E-state index contributed by atoms with van der Waals surface area (Å²) in [4.78, 5) is 2.48. The molecule has 0 aliphatic carbocycles. The number of hydrogen-bond donors (Lipinski definition) is 0. The van der Waals surface area contributed by atoms with Crippen molar-refractivity contribution in [1.29, 1.82) is 0 Å². The van der Waals surface area contributed by atoms with Gasteiger partial charge < -0.3 is 4.74 Å². The van der Waals surface area contributed by atoms with E-state index in [9.17, 15) is 0 Å². The van der Waals surface area contributed by atoms with E-state index in [1.54, 1.807) is 11.3 Å². The first-order valence-electron chi connectivity index (χ1n) is 7.90. The number of aromatic nitrogens is 2. The molecule has 22 heavy (non-hydrogen) atoms. The van der Waals surface area contributed by atoms with Gasteiger partial charge in [0, 0.05) is 12.5 Å². The zero-order chi connectivity index (χ0) is 15.4. The molecule has 1 aliphatic rings.